The maximum atomic E-state index is 12.5. The fourth-order valence-corrected chi connectivity index (χ4v) is 2.58. The van der Waals surface area contributed by atoms with Crippen molar-refractivity contribution in [1.82, 2.24) is 0 Å². The van der Waals surface area contributed by atoms with Crippen LogP contribution < -0.4 is 0 Å². The van der Waals surface area contributed by atoms with Crippen LogP contribution in [-0.2, 0) is 5.60 Å². The minimum absolute atomic E-state index is 0.335. The lowest BCUT2D eigenvalue weighted by Gasteiger charge is -2.31. The van der Waals surface area contributed by atoms with Crippen molar-refractivity contribution >= 4 is 5.78 Å². The summed E-state index contributed by atoms with van der Waals surface area (Å²) >= 11 is 0. The Hall–Kier alpha value is -2.41. The second-order valence-electron chi connectivity index (χ2n) is 4.54. The van der Waals surface area contributed by atoms with Gasteiger partial charge in [-0.3, -0.25) is 4.79 Å². The van der Waals surface area contributed by atoms with Crippen LogP contribution in [0.1, 0.15) is 15.9 Å². The van der Waals surface area contributed by atoms with Gasteiger partial charge in [0.05, 0.1) is 0 Å². The minimum atomic E-state index is -1.67. The van der Waals surface area contributed by atoms with Crippen molar-refractivity contribution in [3.8, 4) is 11.1 Å². The Labute approximate surface area is 111 Å². The Morgan fingerprint density at radius 3 is 2.26 bits per heavy atom. The topological polar surface area (TPSA) is 37.3 Å². The molecule has 1 unspecified atom stereocenters. The number of fused-ring (bicyclic) bond motifs is 3. The number of hydrogen-bond donors (Lipinski definition) is 1. The highest BCUT2D eigenvalue weighted by Crippen LogP contribution is 2.42. The van der Waals surface area contributed by atoms with E-state index in [4.69, 9.17) is 0 Å². The molecule has 0 fully saturated rings. The summed E-state index contributed by atoms with van der Waals surface area (Å²) in [6, 6.07) is 14.7. The molecule has 0 radical (unpaired) electrons. The summed E-state index contributed by atoms with van der Waals surface area (Å²) in [5.41, 5.74) is 3.68. The highest BCUT2D eigenvalue weighted by Gasteiger charge is 2.42. The highest BCUT2D eigenvalue weighted by molar-refractivity contribution is 6.12. The second kappa shape index (κ2) is 4.06. The van der Waals surface area contributed by atoms with Crippen LogP contribution in [0, 0.1) is 0 Å². The van der Waals surface area contributed by atoms with Crippen molar-refractivity contribution in [3.05, 3.63) is 78.0 Å². The van der Waals surface area contributed by atoms with Gasteiger partial charge in [-0.15, -0.1) is 5.73 Å². The zero-order valence-corrected chi connectivity index (χ0v) is 10.3. The Morgan fingerprint density at radius 1 is 1.00 bits per heavy atom. The summed E-state index contributed by atoms with van der Waals surface area (Å²) in [4.78, 5) is 12.5. The number of benzene rings is 2. The SMILES string of the molecule is C=C=CC1(O)C(=O)c2ccccc2-c2ccccc21. The van der Waals surface area contributed by atoms with E-state index >= 15 is 0 Å². The van der Waals surface area contributed by atoms with Gasteiger partial charge in [0, 0.05) is 17.2 Å². The molecule has 2 nitrogen and oxygen atoms in total. The van der Waals surface area contributed by atoms with E-state index in [1.807, 2.05) is 30.3 Å². The van der Waals surface area contributed by atoms with Crippen molar-refractivity contribution in [2.45, 2.75) is 5.60 Å². The first-order valence-electron chi connectivity index (χ1n) is 6.01. The van der Waals surface area contributed by atoms with Gasteiger partial charge in [0.25, 0.3) is 0 Å². The third-order valence-corrected chi connectivity index (χ3v) is 3.46. The average molecular weight is 248 g/mol. The molecule has 0 aliphatic heterocycles. The van der Waals surface area contributed by atoms with Gasteiger partial charge in [-0.05, 0) is 11.1 Å². The molecule has 2 aromatic carbocycles. The molecule has 0 saturated carbocycles. The van der Waals surface area contributed by atoms with Crippen molar-refractivity contribution < 1.29 is 9.90 Å². The predicted molar refractivity (Wildman–Crippen MR) is 73.8 cm³/mol. The second-order valence-corrected chi connectivity index (χ2v) is 4.54. The lowest BCUT2D eigenvalue weighted by molar-refractivity contribution is 0.0514. The Kier molecular flexibility index (Phi) is 2.49. The van der Waals surface area contributed by atoms with E-state index < -0.39 is 5.60 Å². The van der Waals surface area contributed by atoms with Crippen molar-refractivity contribution in [2.24, 2.45) is 0 Å². The van der Waals surface area contributed by atoms with E-state index in [9.17, 15) is 9.90 Å². The van der Waals surface area contributed by atoms with Gasteiger partial charge in [-0.1, -0.05) is 55.1 Å². The number of carbonyl (C=O) groups is 1. The van der Waals surface area contributed by atoms with Crippen LogP contribution in [0.3, 0.4) is 0 Å². The quantitative estimate of drug-likeness (QED) is 0.787. The van der Waals surface area contributed by atoms with E-state index in [0.717, 1.165) is 11.1 Å². The fourth-order valence-electron chi connectivity index (χ4n) is 2.58. The van der Waals surface area contributed by atoms with Crippen LogP contribution in [0.25, 0.3) is 11.1 Å². The third-order valence-electron chi connectivity index (χ3n) is 3.46. The molecule has 0 heterocycles. The molecule has 1 aliphatic rings. The van der Waals surface area contributed by atoms with Crippen LogP contribution in [-0.4, -0.2) is 10.9 Å². The van der Waals surface area contributed by atoms with Crippen LogP contribution in [0.5, 0.6) is 0 Å². The van der Waals surface area contributed by atoms with Crippen LogP contribution in [0.4, 0.5) is 0 Å². The third kappa shape index (κ3) is 1.52. The van der Waals surface area contributed by atoms with Crippen LogP contribution >= 0.6 is 0 Å². The first-order valence-corrected chi connectivity index (χ1v) is 6.01. The van der Waals surface area contributed by atoms with E-state index in [1.165, 1.54) is 6.08 Å². The molecule has 0 saturated heterocycles. The molecule has 0 bridgehead atoms. The first-order chi connectivity index (χ1) is 9.18. The van der Waals surface area contributed by atoms with Gasteiger partial charge >= 0.3 is 0 Å². The van der Waals surface area contributed by atoms with Gasteiger partial charge in [0.2, 0.25) is 5.78 Å². The summed E-state index contributed by atoms with van der Waals surface area (Å²) < 4.78 is 0. The summed E-state index contributed by atoms with van der Waals surface area (Å²) in [6.45, 7) is 3.47. The molecule has 1 aliphatic carbocycles. The van der Waals surface area contributed by atoms with Crippen molar-refractivity contribution in [2.75, 3.05) is 0 Å². The number of carbonyl (C=O) groups excluding carboxylic acids is 1. The average Bonchev–Trinajstić information content (AvgIpc) is 2.46. The first kappa shape index (κ1) is 11.7. The van der Waals surface area contributed by atoms with E-state index in [1.54, 1.807) is 18.2 Å². The number of aliphatic hydroxyl groups is 1. The molecule has 1 atom stereocenters. The standard InChI is InChI=1S/C17H12O2/c1-2-11-17(19)15-10-6-5-8-13(15)12-7-3-4-9-14(12)16(17)18/h3-11,19H,1H2. The minimum Gasteiger partial charge on any atom is -0.373 e. The lowest BCUT2D eigenvalue weighted by atomic mass is 9.75. The van der Waals surface area contributed by atoms with Gasteiger partial charge < -0.3 is 5.11 Å². The van der Waals surface area contributed by atoms with Gasteiger partial charge in [0.1, 0.15) is 0 Å². The van der Waals surface area contributed by atoms with E-state index in [-0.39, 0.29) is 5.78 Å². The molecule has 2 heteroatoms. The monoisotopic (exact) mass is 248 g/mol. The van der Waals surface area contributed by atoms with Crippen LogP contribution in [0.15, 0.2) is 66.9 Å². The maximum absolute atomic E-state index is 12.5. The number of rotatable bonds is 1. The summed E-state index contributed by atoms with van der Waals surface area (Å²) in [5.74, 6) is -0.335. The fraction of sp³-hybridized carbons (Fsp3) is 0.0588. The van der Waals surface area contributed by atoms with Crippen LogP contribution in [0.2, 0.25) is 0 Å². The van der Waals surface area contributed by atoms with Gasteiger partial charge in [0.15, 0.2) is 5.60 Å². The van der Waals surface area contributed by atoms with Gasteiger partial charge in [-0.2, -0.15) is 0 Å². The number of ketones is 1. The number of Topliss-reactive ketones (excluding diaryl/α,β-unsaturated/α-hetero) is 1. The normalized spacial score (nSPS) is 20.2. The Bertz CT molecular complexity index is 724. The van der Waals surface area contributed by atoms with E-state index in [2.05, 4.69) is 12.3 Å². The molecule has 3 rings (SSSR count). The molecule has 0 amide bonds. The predicted octanol–water partition coefficient (Wildman–Crippen LogP) is 3.08. The lowest BCUT2D eigenvalue weighted by Crippen LogP contribution is -2.37. The Morgan fingerprint density at radius 2 is 1.58 bits per heavy atom. The molecule has 19 heavy (non-hydrogen) atoms. The molecule has 1 N–H and O–H groups in total. The number of hydrogen-bond acceptors (Lipinski definition) is 2. The largest absolute Gasteiger partial charge is 0.373 e. The van der Waals surface area contributed by atoms with E-state index in [0.29, 0.717) is 11.1 Å². The molecule has 92 valence electrons. The van der Waals surface area contributed by atoms with Gasteiger partial charge in [-0.25, -0.2) is 0 Å². The summed E-state index contributed by atoms with van der Waals surface area (Å²) in [5, 5.41) is 10.7. The zero-order valence-electron chi connectivity index (χ0n) is 10.3. The summed E-state index contributed by atoms with van der Waals surface area (Å²) in [7, 11) is 0. The zero-order chi connectivity index (χ0) is 13.5. The smallest absolute Gasteiger partial charge is 0.204 e. The summed E-state index contributed by atoms with van der Waals surface area (Å²) in [6.07, 6.45) is 1.32. The molecule has 0 spiro atoms. The Balaban J connectivity index is 2.42. The molecule has 2 aromatic rings. The molecular weight excluding hydrogens is 236 g/mol. The molecular formula is C17H12O2. The molecule has 0 aromatic heterocycles. The van der Waals surface area contributed by atoms with Crippen molar-refractivity contribution in [3.63, 3.8) is 0 Å². The maximum Gasteiger partial charge on any atom is 0.204 e. The van der Waals surface area contributed by atoms with Crippen molar-refractivity contribution in [1.29, 1.82) is 0 Å². The highest BCUT2D eigenvalue weighted by atomic mass is 16.3.